The highest BCUT2D eigenvalue weighted by molar-refractivity contribution is 8.00. The van der Waals surface area contributed by atoms with Gasteiger partial charge in [-0.1, -0.05) is 18.2 Å². The third-order valence-electron chi connectivity index (χ3n) is 4.00. The molecule has 2 saturated carbocycles. The molecule has 1 atom stereocenters. The Morgan fingerprint density at radius 3 is 2.78 bits per heavy atom. The van der Waals surface area contributed by atoms with Gasteiger partial charge in [-0.15, -0.1) is 11.8 Å². The third kappa shape index (κ3) is 1.52. The van der Waals surface area contributed by atoms with E-state index in [0.717, 1.165) is 23.3 Å². The number of rotatable bonds is 2. The quantitative estimate of drug-likeness (QED) is 0.766. The first-order valence-electron chi connectivity index (χ1n) is 6.20. The molecule has 0 radical (unpaired) electrons. The van der Waals surface area contributed by atoms with Gasteiger partial charge in [0.25, 0.3) is 0 Å². The summed E-state index contributed by atoms with van der Waals surface area (Å²) in [5.41, 5.74) is 0.637. The van der Waals surface area contributed by atoms with Crippen LogP contribution in [-0.2, 0) is 9.53 Å². The van der Waals surface area contributed by atoms with Gasteiger partial charge < -0.3 is 4.74 Å². The second kappa shape index (κ2) is 3.38. The molecule has 18 heavy (non-hydrogen) atoms. The first-order valence-corrected chi connectivity index (χ1v) is 7.08. The summed E-state index contributed by atoms with van der Waals surface area (Å²) in [5.74, 6) is 0.466. The maximum absolute atomic E-state index is 12.0. The Labute approximate surface area is 109 Å². The molecule has 0 N–H and O–H groups in total. The predicted octanol–water partition coefficient (Wildman–Crippen LogP) is 2.44. The molecule has 92 valence electrons. The lowest BCUT2D eigenvalue weighted by Gasteiger charge is -2.22. The number of Topliss-reactive ketones (excluding diaryl/α,β-unsaturated/α-hetero) is 1. The Morgan fingerprint density at radius 1 is 1.33 bits per heavy atom. The van der Waals surface area contributed by atoms with E-state index in [0.29, 0.717) is 5.92 Å². The van der Waals surface area contributed by atoms with Crippen molar-refractivity contribution in [3.63, 3.8) is 0 Å². The highest BCUT2D eigenvalue weighted by atomic mass is 32.2. The molecule has 2 fully saturated rings. The minimum atomic E-state index is -0.358. The van der Waals surface area contributed by atoms with Gasteiger partial charge in [-0.2, -0.15) is 0 Å². The van der Waals surface area contributed by atoms with Crippen LogP contribution in [0.5, 0.6) is 0 Å². The van der Waals surface area contributed by atoms with E-state index in [1.54, 1.807) is 0 Å². The summed E-state index contributed by atoms with van der Waals surface area (Å²) in [6.45, 7) is 0. The van der Waals surface area contributed by atoms with E-state index in [4.69, 9.17) is 4.74 Å². The number of ether oxygens (including phenoxy) is 1. The summed E-state index contributed by atoms with van der Waals surface area (Å²) < 4.78 is 5.51. The number of benzene rings is 1. The molecule has 4 rings (SSSR count). The number of fused-ring (bicyclic) bond motifs is 2. The molecule has 3 aliphatic rings. The highest BCUT2D eigenvalue weighted by Crippen LogP contribution is 2.69. The van der Waals surface area contributed by atoms with Crippen LogP contribution in [0.3, 0.4) is 0 Å². The van der Waals surface area contributed by atoms with E-state index < -0.39 is 0 Å². The smallest absolute Gasteiger partial charge is 0.320 e. The molecule has 0 saturated heterocycles. The van der Waals surface area contributed by atoms with Crippen molar-refractivity contribution in [3.8, 4) is 0 Å². The summed E-state index contributed by atoms with van der Waals surface area (Å²) in [5, 5.41) is -0.358. The molecular formula is C14H12O3S. The summed E-state index contributed by atoms with van der Waals surface area (Å²) in [6, 6.07) is 7.46. The fourth-order valence-corrected chi connectivity index (χ4v) is 3.65. The van der Waals surface area contributed by atoms with Crippen molar-refractivity contribution < 1.29 is 14.3 Å². The molecule has 1 aliphatic heterocycles. The molecule has 4 heteroatoms. The average molecular weight is 260 g/mol. The Kier molecular flexibility index (Phi) is 1.99. The Balaban J connectivity index is 1.54. The zero-order valence-corrected chi connectivity index (χ0v) is 10.5. The number of ketones is 1. The van der Waals surface area contributed by atoms with Gasteiger partial charge in [0.05, 0.1) is 0 Å². The lowest BCUT2D eigenvalue weighted by Crippen LogP contribution is -2.28. The van der Waals surface area contributed by atoms with E-state index in [2.05, 4.69) is 0 Å². The van der Waals surface area contributed by atoms with E-state index in [9.17, 15) is 9.59 Å². The van der Waals surface area contributed by atoms with Crippen LogP contribution in [0.25, 0.3) is 0 Å². The molecule has 0 amide bonds. The zero-order chi connectivity index (χ0) is 12.3. The normalized spacial score (nSPS) is 35.4. The van der Waals surface area contributed by atoms with Gasteiger partial charge in [0, 0.05) is 22.8 Å². The van der Waals surface area contributed by atoms with Crippen LogP contribution in [0, 0.1) is 5.92 Å². The first kappa shape index (κ1) is 10.6. The fraction of sp³-hybridized carbons (Fsp3) is 0.429. The van der Waals surface area contributed by atoms with Crippen molar-refractivity contribution in [1.82, 2.24) is 0 Å². The van der Waals surface area contributed by atoms with Gasteiger partial charge in [0.2, 0.25) is 0 Å². The molecule has 0 bridgehead atoms. The summed E-state index contributed by atoms with van der Waals surface area (Å²) in [4.78, 5) is 24.9. The molecule has 1 aromatic carbocycles. The second-order valence-corrected chi connectivity index (χ2v) is 6.57. The van der Waals surface area contributed by atoms with E-state index in [-0.39, 0.29) is 29.0 Å². The van der Waals surface area contributed by atoms with Gasteiger partial charge >= 0.3 is 5.97 Å². The lowest BCUT2D eigenvalue weighted by atomic mass is 10.1. The number of esters is 1. The molecule has 1 unspecified atom stereocenters. The maximum atomic E-state index is 12.0. The van der Waals surface area contributed by atoms with E-state index in [1.165, 1.54) is 11.8 Å². The first-order chi connectivity index (χ1) is 8.68. The van der Waals surface area contributed by atoms with Gasteiger partial charge in [-0.05, 0) is 18.9 Å². The van der Waals surface area contributed by atoms with Crippen LogP contribution in [0.15, 0.2) is 29.2 Å². The van der Waals surface area contributed by atoms with Crippen LogP contribution >= 0.6 is 11.8 Å². The van der Waals surface area contributed by atoms with E-state index >= 15 is 0 Å². The van der Waals surface area contributed by atoms with Gasteiger partial charge in [-0.25, -0.2) is 0 Å². The number of hydrogen-bond acceptors (Lipinski definition) is 4. The number of carbonyl (C=O) groups excluding carboxylic acids is 2. The van der Waals surface area contributed by atoms with Crippen LogP contribution in [0.4, 0.5) is 0 Å². The highest BCUT2D eigenvalue weighted by Gasteiger charge is 2.74. The molecule has 1 heterocycles. The Bertz CT molecular complexity index is 560. The number of hydrogen-bond donors (Lipinski definition) is 0. The molecule has 1 aromatic rings. The van der Waals surface area contributed by atoms with Gasteiger partial charge in [0.1, 0.15) is 10.9 Å². The molecule has 3 nitrogen and oxygen atoms in total. The standard InChI is InChI=1S/C14H12O3S/c15-10-5-12(13(16)17-14-6-8(14)7-14)18-11-4-2-1-3-9(10)11/h1-4,8,12H,5-7H2. The van der Waals surface area contributed by atoms with Crippen molar-refractivity contribution >= 4 is 23.5 Å². The molecular weight excluding hydrogens is 248 g/mol. The SMILES string of the molecule is O=C1CC(C(=O)OC23CC2C3)Sc2ccccc21. The van der Waals surface area contributed by atoms with Crippen molar-refractivity contribution in [3.05, 3.63) is 29.8 Å². The van der Waals surface area contributed by atoms with Crippen molar-refractivity contribution in [2.24, 2.45) is 5.92 Å². The maximum Gasteiger partial charge on any atom is 0.320 e. The zero-order valence-electron chi connectivity index (χ0n) is 9.72. The third-order valence-corrected chi connectivity index (χ3v) is 5.26. The molecule has 0 aromatic heterocycles. The minimum Gasteiger partial charge on any atom is -0.458 e. The van der Waals surface area contributed by atoms with E-state index in [1.807, 2.05) is 24.3 Å². The van der Waals surface area contributed by atoms with Crippen molar-refractivity contribution in [2.45, 2.75) is 35.0 Å². The summed E-state index contributed by atoms with van der Waals surface area (Å²) >= 11 is 1.46. The van der Waals surface area contributed by atoms with Crippen LogP contribution in [-0.4, -0.2) is 22.6 Å². The van der Waals surface area contributed by atoms with Crippen LogP contribution < -0.4 is 0 Å². The summed E-state index contributed by atoms with van der Waals surface area (Å²) in [6.07, 6.45) is 2.32. The Hall–Kier alpha value is -1.29. The molecule has 2 aliphatic carbocycles. The van der Waals surface area contributed by atoms with Crippen LogP contribution in [0.2, 0.25) is 0 Å². The van der Waals surface area contributed by atoms with Gasteiger partial charge in [0.15, 0.2) is 5.78 Å². The van der Waals surface area contributed by atoms with Crippen molar-refractivity contribution in [2.75, 3.05) is 0 Å². The second-order valence-electron chi connectivity index (χ2n) is 5.32. The van der Waals surface area contributed by atoms with Crippen molar-refractivity contribution in [1.29, 1.82) is 0 Å². The molecule has 0 spiro atoms. The number of carbonyl (C=O) groups is 2. The van der Waals surface area contributed by atoms with Gasteiger partial charge in [-0.3, -0.25) is 9.59 Å². The predicted molar refractivity (Wildman–Crippen MR) is 66.6 cm³/mol. The topological polar surface area (TPSA) is 43.4 Å². The monoisotopic (exact) mass is 260 g/mol. The minimum absolute atomic E-state index is 0.0481. The fourth-order valence-electron chi connectivity index (χ4n) is 2.49. The summed E-state index contributed by atoms with van der Waals surface area (Å²) in [7, 11) is 0. The number of thioether (sulfide) groups is 1. The Morgan fingerprint density at radius 2 is 2.06 bits per heavy atom. The van der Waals surface area contributed by atoms with Crippen LogP contribution in [0.1, 0.15) is 29.6 Å². The lowest BCUT2D eigenvalue weighted by molar-refractivity contribution is -0.147. The average Bonchev–Trinajstić information content (AvgIpc) is 3.18. The largest absolute Gasteiger partial charge is 0.458 e.